The summed E-state index contributed by atoms with van der Waals surface area (Å²) in [6.45, 7) is 4.02. The predicted octanol–water partition coefficient (Wildman–Crippen LogP) is 1.30. The van der Waals surface area contributed by atoms with Crippen molar-refractivity contribution in [3.8, 4) is 5.69 Å². The van der Waals surface area contributed by atoms with Crippen LogP contribution in [-0.2, 0) is 14.6 Å². The summed E-state index contributed by atoms with van der Waals surface area (Å²) in [6, 6.07) is 8.51. The van der Waals surface area contributed by atoms with Crippen LogP contribution in [0.3, 0.4) is 0 Å². The van der Waals surface area contributed by atoms with E-state index in [0.717, 1.165) is 17.1 Å². The number of amides is 3. The minimum atomic E-state index is -3.04. The lowest BCUT2D eigenvalue weighted by Gasteiger charge is -2.12. The van der Waals surface area contributed by atoms with Gasteiger partial charge in [-0.25, -0.2) is 17.9 Å². The SMILES string of the molecule is Cc1cc(C)n(-c2cccc(NC(=O)NCCC(=O)N[C@@H]3CCS(=O)(=O)C3)c2)n1. The van der Waals surface area contributed by atoms with Crippen LogP contribution in [0.2, 0.25) is 0 Å². The smallest absolute Gasteiger partial charge is 0.319 e. The Morgan fingerprint density at radius 3 is 2.69 bits per heavy atom. The molecule has 0 radical (unpaired) electrons. The Bertz CT molecular complexity index is 1020. The van der Waals surface area contributed by atoms with E-state index in [4.69, 9.17) is 0 Å². The third kappa shape index (κ3) is 5.80. The molecule has 29 heavy (non-hydrogen) atoms. The summed E-state index contributed by atoms with van der Waals surface area (Å²) >= 11 is 0. The Kier molecular flexibility index (Phi) is 6.21. The van der Waals surface area contributed by atoms with E-state index < -0.39 is 15.9 Å². The number of benzene rings is 1. The maximum absolute atomic E-state index is 12.1. The maximum atomic E-state index is 12.1. The van der Waals surface area contributed by atoms with Crippen LogP contribution < -0.4 is 16.0 Å². The Morgan fingerprint density at radius 1 is 1.24 bits per heavy atom. The molecule has 1 aliphatic heterocycles. The van der Waals surface area contributed by atoms with E-state index in [1.165, 1.54) is 0 Å². The fourth-order valence-electron chi connectivity index (χ4n) is 3.28. The highest BCUT2D eigenvalue weighted by Gasteiger charge is 2.28. The zero-order valence-corrected chi connectivity index (χ0v) is 17.3. The van der Waals surface area contributed by atoms with Crippen molar-refractivity contribution < 1.29 is 18.0 Å². The second-order valence-corrected chi connectivity index (χ2v) is 9.42. The molecule has 0 unspecified atom stereocenters. The standard InChI is InChI=1S/C19H25N5O4S/c1-13-10-14(2)24(23-13)17-5-3-4-15(11-17)22-19(26)20-8-6-18(25)21-16-7-9-29(27,28)12-16/h3-5,10-11,16H,6-9,12H2,1-2H3,(H,21,25)(H2,20,22,26)/t16-/m1/s1. The van der Waals surface area contributed by atoms with Gasteiger partial charge in [-0.05, 0) is 44.5 Å². The molecule has 1 aromatic heterocycles. The van der Waals surface area contributed by atoms with E-state index in [-0.39, 0.29) is 36.4 Å². The molecule has 1 atom stereocenters. The van der Waals surface area contributed by atoms with Crippen molar-refractivity contribution in [2.45, 2.75) is 32.7 Å². The summed E-state index contributed by atoms with van der Waals surface area (Å²) in [7, 11) is -3.04. The van der Waals surface area contributed by atoms with Gasteiger partial charge < -0.3 is 16.0 Å². The second kappa shape index (κ2) is 8.64. The van der Waals surface area contributed by atoms with Gasteiger partial charge in [-0.1, -0.05) is 6.07 Å². The fraction of sp³-hybridized carbons (Fsp3) is 0.421. The first-order valence-corrected chi connectivity index (χ1v) is 11.2. The first-order valence-electron chi connectivity index (χ1n) is 9.40. The number of aryl methyl sites for hydroxylation is 2. The zero-order chi connectivity index (χ0) is 21.0. The monoisotopic (exact) mass is 419 g/mol. The molecule has 3 amide bonds. The minimum absolute atomic E-state index is 0.0156. The average molecular weight is 420 g/mol. The number of urea groups is 1. The highest BCUT2D eigenvalue weighted by molar-refractivity contribution is 7.91. The maximum Gasteiger partial charge on any atom is 0.319 e. The van der Waals surface area contributed by atoms with Crippen molar-refractivity contribution in [2.24, 2.45) is 0 Å². The number of hydrogen-bond acceptors (Lipinski definition) is 5. The molecule has 1 aromatic carbocycles. The molecular formula is C19H25N5O4S. The molecule has 156 valence electrons. The van der Waals surface area contributed by atoms with Crippen LogP contribution in [-0.4, -0.2) is 54.2 Å². The molecule has 3 rings (SSSR count). The van der Waals surface area contributed by atoms with Crippen LogP contribution in [0.15, 0.2) is 30.3 Å². The molecule has 10 heteroatoms. The van der Waals surface area contributed by atoms with E-state index in [1.807, 2.05) is 38.1 Å². The highest BCUT2D eigenvalue weighted by atomic mass is 32.2. The molecule has 1 fully saturated rings. The first-order chi connectivity index (χ1) is 13.7. The summed E-state index contributed by atoms with van der Waals surface area (Å²) < 4.78 is 24.6. The topological polar surface area (TPSA) is 122 Å². The van der Waals surface area contributed by atoms with Gasteiger partial charge in [-0.3, -0.25) is 4.79 Å². The molecule has 0 aliphatic carbocycles. The van der Waals surface area contributed by atoms with E-state index in [2.05, 4.69) is 21.0 Å². The molecule has 1 saturated heterocycles. The largest absolute Gasteiger partial charge is 0.352 e. The number of anilines is 1. The van der Waals surface area contributed by atoms with Gasteiger partial charge in [0.25, 0.3) is 0 Å². The quantitative estimate of drug-likeness (QED) is 0.652. The van der Waals surface area contributed by atoms with Crippen molar-refractivity contribution in [3.05, 3.63) is 41.7 Å². The van der Waals surface area contributed by atoms with Gasteiger partial charge in [0.05, 0.1) is 22.9 Å². The third-order valence-electron chi connectivity index (χ3n) is 4.59. The van der Waals surface area contributed by atoms with Crippen LogP contribution in [0, 0.1) is 13.8 Å². The van der Waals surface area contributed by atoms with Crippen LogP contribution in [0.5, 0.6) is 0 Å². The van der Waals surface area contributed by atoms with Crippen LogP contribution in [0.25, 0.3) is 5.69 Å². The summed E-state index contributed by atoms with van der Waals surface area (Å²) in [5, 5.41) is 12.5. The third-order valence-corrected chi connectivity index (χ3v) is 6.36. The summed E-state index contributed by atoms with van der Waals surface area (Å²) in [5.74, 6) is -0.188. The average Bonchev–Trinajstić information content (AvgIpc) is 3.15. The fourth-order valence-corrected chi connectivity index (χ4v) is 4.95. The van der Waals surface area contributed by atoms with Crippen LogP contribution in [0.1, 0.15) is 24.2 Å². The lowest BCUT2D eigenvalue weighted by Crippen LogP contribution is -2.38. The molecule has 2 heterocycles. The Labute approximate surface area is 169 Å². The molecule has 9 nitrogen and oxygen atoms in total. The molecule has 2 aromatic rings. The Hall–Kier alpha value is -2.88. The molecule has 3 N–H and O–H groups in total. The van der Waals surface area contributed by atoms with Gasteiger partial charge in [0.15, 0.2) is 9.84 Å². The predicted molar refractivity (Wildman–Crippen MR) is 110 cm³/mol. The van der Waals surface area contributed by atoms with Crippen molar-refractivity contribution in [2.75, 3.05) is 23.4 Å². The second-order valence-electron chi connectivity index (χ2n) is 7.19. The number of carbonyl (C=O) groups is 2. The zero-order valence-electron chi connectivity index (χ0n) is 16.4. The van der Waals surface area contributed by atoms with Crippen molar-refractivity contribution in [1.29, 1.82) is 0 Å². The van der Waals surface area contributed by atoms with Gasteiger partial charge in [0.1, 0.15) is 0 Å². The highest BCUT2D eigenvalue weighted by Crippen LogP contribution is 2.16. The summed E-state index contributed by atoms with van der Waals surface area (Å²) in [6.07, 6.45) is 0.517. The summed E-state index contributed by atoms with van der Waals surface area (Å²) in [4.78, 5) is 24.0. The number of rotatable bonds is 6. The van der Waals surface area contributed by atoms with Gasteiger partial charge >= 0.3 is 6.03 Å². The van der Waals surface area contributed by atoms with Crippen molar-refractivity contribution in [3.63, 3.8) is 0 Å². The van der Waals surface area contributed by atoms with Crippen LogP contribution >= 0.6 is 0 Å². The number of sulfone groups is 1. The first kappa shape index (κ1) is 20.8. The lowest BCUT2D eigenvalue weighted by atomic mass is 10.2. The molecule has 0 saturated carbocycles. The number of nitrogens with one attached hydrogen (secondary N) is 3. The molecule has 1 aliphatic rings. The number of nitrogens with zero attached hydrogens (tertiary/aromatic N) is 2. The lowest BCUT2D eigenvalue weighted by molar-refractivity contribution is -0.121. The normalized spacial score (nSPS) is 17.7. The Morgan fingerprint density at radius 2 is 2.03 bits per heavy atom. The van der Waals surface area contributed by atoms with Crippen LogP contribution in [0.4, 0.5) is 10.5 Å². The van der Waals surface area contributed by atoms with Gasteiger partial charge in [-0.15, -0.1) is 0 Å². The van der Waals surface area contributed by atoms with Gasteiger partial charge in [-0.2, -0.15) is 5.10 Å². The Balaban J connectivity index is 1.46. The minimum Gasteiger partial charge on any atom is -0.352 e. The summed E-state index contributed by atoms with van der Waals surface area (Å²) in [5.41, 5.74) is 3.34. The number of carbonyl (C=O) groups excluding carboxylic acids is 2. The van der Waals surface area contributed by atoms with E-state index in [0.29, 0.717) is 12.1 Å². The van der Waals surface area contributed by atoms with E-state index >= 15 is 0 Å². The number of hydrogen-bond donors (Lipinski definition) is 3. The molecular weight excluding hydrogens is 394 g/mol. The van der Waals surface area contributed by atoms with E-state index in [1.54, 1.807) is 10.7 Å². The molecule has 0 bridgehead atoms. The van der Waals surface area contributed by atoms with E-state index in [9.17, 15) is 18.0 Å². The number of aromatic nitrogens is 2. The van der Waals surface area contributed by atoms with Crippen molar-refractivity contribution >= 4 is 27.5 Å². The molecule has 0 spiro atoms. The van der Waals surface area contributed by atoms with Gasteiger partial charge in [0.2, 0.25) is 5.91 Å². The van der Waals surface area contributed by atoms with Crippen molar-refractivity contribution in [1.82, 2.24) is 20.4 Å². The van der Waals surface area contributed by atoms with Gasteiger partial charge in [0, 0.05) is 30.4 Å².